The van der Waals surface area contributed by atoms with Crippen LogP contribution in [0.1, 0.15) is 17.4 Å². The Morgan fingerprint density at radius 3 is 2.88 bits per heavy atom. The molecule has 0 radical (unpaired) electrons. The van der Waals surface area contributed by atoms with Crippen molar-refractivity contribution in [3.63, 3.8) is 0 Å². The second-order valence-corrected chi connectivity index (χ2v) is 3.38. The number of carbonyl (C=O) groups excluding carboxylic acids is 1. The van der Waals surface area contributed by atoms with E-state index in [-0.39, 0.29) is 5.69 Å². The minimum Gasteiger partial charge on any atom is -0.461 e. The van der Waals surface area contributed by atoms with Gasteiger partial charge in [-0.3, -0.25) is 5.10 Å². The highest BCUT2D eigenvalue weighted by Crippen LogP contribution is 2.14. The number of carbonyl (C=O) groups is 1. The van der Waals surface area contributed by atoms with Gasteiger partial charge in [0.05, 0.1) is 6.61 Å². The Morgan fingerprint density at radius 1 is 1.41 bits per heavy atom. The second-order valence-electron chi connectivity index (χ2n) is 3.38. The zero-order chi connectivity index (χ0) is 12.1. The highest BCUT2D eigenvalue weighted by molar-refractivity contribution is 5.88. The number of hydrogen-bond acceptors (Lipinski definition) is 4. The van der Waals surface area contributed by atoms with E-state index in [0.29, 0.717) is 12.4 Å². The fourth-order valence-electron chi connectivity index (χ4n) is 1.37. The molecule has 5 heteroatoms. The summed E-state index contributed by atoms with van der Waals surface area (Å²) < 4.78 is 4.84. The Morgan fingerprint density at radius 2 is 2.18 bits per heavy atom. The van der Waals surface area contributed by atoms with Crippen LogP contribution in [0.25, 0.3) is 0 Å². The second kappa shape index (κ2) is 5.16. The summed E-state index contributed by atoms with van der Waals surface area (Å²) in [7, 11) is 0. The first kappa shape index (κ1) is 11.2. The normalized spacial score (nSPS) is 9.94. The van der Waals surface area contributed by atoms with Crippen molar-refractivity contribution in [1.29, 1.82) is 0 Å². The number of para-hydroxylation sites is 1. The molecule has 88 valence electrons. The van der Waals surface area contributed by atoms with Crippen LogP contribution in [0.4, 0.5) is 11.5 Å². The summed E-state index contributed by atoms with van der Waals surface area (Å²) in [5, 5.41) is 9.70. The highest BCUT2D eigenvalue weighted by Gasteiger charge is 2.10. The number of nitrogens with one attached hydrogen (secondary N) is 2. The maximum atomic E-state index is 11.4. The maximum Gasteiger partial charge on any atom is 0.358 e. The standard InChI is InChI=1S/C12H13N3O2/c1-2-17-12(16)10-8-11(15-14-10)13-9-6-4-3-5-7-9/h3-8H,2H2,1H3,(H2,13,14,15). The summed E-state index contributed by atoms with van der Waals surface area (Å²) in [6.45, 7) is 2.10. The molecule has 0 unspecified atom stereocenters. The van der Waals surface area contributed by atoms with Gasteiger partial charge in [0, 0.05) is 11.8 Å². The Balaban J connectivity index is 2.06. The zero-order valence-electron chi connectivity index (χ0n) is 9.43. The molecule has 0 amide bonds. The van der Waals surface area contributed by atoms with E-state index < -0.39 is 5.97 Å². The third-order valence-electron chi connectivity index (χ3n) is 2.12. The quantitative estimate of drug-likeness (QED) is 0.792. The molecule has 17 heavy (non-hydrogen) atoms. The predicted molar refractivity (Wildman–Crippen MR) is 64.3 cm³/mol. The summed E-state index contributed by atoms with van der Waals surface area (Å²) in [5.41, 5.74) is 1.19. The van der Waals surface area contributed by atoms with E-state index in [1.807, 2.05) is 30.3 Å². The predicted octanol–water partition coefficient (Wildman–Crippen LogP) is 2.33. The van der Waals surface area contributed by atoms with Gasteiger partial charge in [-0.25, -0.2) is 4.79 Å². The van der Waals surface area contributed by atoms with E-state index in [4.69, 9.17) is 4.74 Å². The van der Waals surface area contributed by atoms with Gasteiger partial charge in [0.1, 0.15) is 5.82 Å². The molecule has 0 aliphatic rings. The number of nitrogens with zero attached hydrogens (tertiary/aromatic N) is 1. The van der Waals surface area contributed by atoms with E-state index in [9.17, 15) is 4.79 Å². The highest BCUT2D eigenvalue weighted by atomic mass is 16.5. The third kappa shape index (κ3) is 2.84. The van der Waals surface area contributed by atoms with Gasteiger partial charge in [-0.05, 0) is 19.1 Å². The lowest BCUT2D eigenvalue weighted by Gasteiger charge is -2.01. The van der Waals surface area contributed by atoms with Gasteiger partial charge < -0.3 is 10.1 Å². The van der Waals surface area contributed by atoms with E-state index in [2.05, 4.69) is 15.5 Å². The minimum atomic E-state index is -0.426. The number of ether oxygens (including phenoxy) is 1. The van der Waals surface area contributed by atoms with E-state index in [0.717, 1.165) is 5.69 Å². The molecule has 0 spiro atoms. The molecular weight excluding hydrogens is 218 g/mol. The first-order valence-electron chi connectivity index (χ1n) is 5.34. The number of anilines is 2. The summed E-state index contributed by atoms with van der Waals surface area (Å²) >= 11 is 0. The molecule has 1 aromatic carbocycles. The Bertz CT molecular complexity index is 493. The number of aromatic nitrogens is 2. The average Bonchev–Trinajstić information content (AvgIpc) is 2.79. The number of H-pyrrole nitrogens is 1. The summed E-state index contributed by atoms with van der Waals surface area (Å²) in [6.07, 6.45) is 0. The molecule has 0 saturated carbocycles. The summed E-state index contributed by atoms with van der Waals surface area (Å²) in [4.78, 5) is 11.4. The fraction of sp³-hybridized carbons (Fsp3) is 0.167. The molecule has 0 bridgehead atoms. The van der Waals surface area contributed by atoms with Gasteiger partial charge in [0.2, 0.25) is 0 Å². The first-order chi connectivity index (χ1) is 8.29. The number of aromatic amines is 1. The van der Waals surface area contributed by atoms with Crippen molar-refractivity contribution in [3.8, 4) is 0 Å². The monoisotopic (exact) mass is 231 g/mol. The van der Waals surface area contributed by atoms with Crippen LogP contribution in [-0.4, -0.2) is 22.8 Å². The van der Waals surface area contributed by atoms with Crippen molar-refractivity contribution < 1.29 is 9.53 Å². The molecule has 0 fully saturated rings. The number of rotatable bonds is 4. The van der Waals surface area contributed by atoms with Crippen LogP contribution in [0.3, 0.4) is 0 Å². The maximum absolute atomic E-state index is 11.4. The minimum absolute atomic E-state index is 0.269. The molecular formula is C12H13N3O2. The number of benzene rings is 1. The number of hydrogen-bond donors (Lipinski definition) is 2. The van der Waals surface area contributed by atoms with Gasteiger partial charge in [-0.2, -0.15) is 5.10 Å². The van der Waals surface area contributed by atoms with Crippen molar-refractivity contribution in [3.05, 3.63) is 42.1 Å². The van der Waals surface area contributed by atoms with Crippen molar-refractivity contribution in [1.82, 2.24) is 10.2 Å². The molecule has 0 aliphatic heterocycles. The summed E-state index contributed by atoms with van der Waals surface area (Å²) in [6, 6.07) is 11.2. The van der Waals surface area contributed by atoms with Crippen molar-refractivity contribution in [2.75, 3.05) is 11.9 Å². The Labute approximate surface area is 98.8 Å². The van der Waals surface area contributed by atoms with Gasteiger partial charge in [-0.1, -0.05) is 18.2 Å². The van der Waals surface area contributed by atoms with Crippen LogP contribution in [0.15, 0.2) is 36.4 Å². The van der Waals surface area contributed by atoms with Crippen molar-refractivity contribution in [2.45, 2.75) is 6.92 Å². The summed E-state index contributed by atoms with van der Waals surface area (Å²) in [5.74, 6) is 0.226. The van der Waals surface area contributed by atoms with E-state index in [1.165, 1.54) is 0 Å². The fourth-order valence-corrected chi connectivity index (χ4v) is 1.37. The molecule has 0 atom stereocenters. The largest absolute Gasteiger partial charge is 0.461 e. The van der Waals surface area contributed by atoms with Gasteiger partial charge >= 0.3 is 5.97 Å². The van der Waals surface area contributed by atoms with Gasteiger partial charge in [0.25, 0.3) is 0 Å². The van der Waals surface area contributed by atoms with Gasteiger partial charge in [0.15, 0.2) is 5.69 Å². The van der Waals surface area contributed by atoms with Crippen molar-refractivity contribution >= 4 is 17.5 Å². The van der Waals surface area contributed by atoms with Crippen molar-refractivity contribution in [2.24, 2.45) is 0 Å². The number of esters is 1. The molecule has 0 saturated heterocycles. The smallest absolute Gasteiger partial charge is 0.358 e. The van der Waals surface area contributed by atoms with E-state index >= 15 is 0 Å². The van der Waals surface area contributed by atoms with Crippen LogP contribution in [0.5, 0.6) is 0 Å². The molecule has 2 aromatic rings. The topological polar surface area (TPSA) is 67.0 Å². The van der Waals surface area contributed by atoms with Crippen LogP contribution in [0, 0.1) is 0 Å². The zero-order valence-corrected chi connectivity index (χ0v) is 9.43. The van der Waals surface area contributed by atoms with Crippen LogP contribution >= 0.6 is 0 Å². The SMILES string of the molecule is CCOC(=O)c1cc(Nc2ccccc2)[nH]n1. The first-order valence-corrected chi connectivity index (χ1v) is 5.34. The average molecular weight is 231 g/mol. The lowest BCUT2D eigenvalue weighted by atomic mass is 10.3. The van der Waals surface area contributed by atoms with Gasteiger partial charge in [-0.15, -0.1) is 0 Å². The van der Waals surface area contributed by atoms with E-state index in [1.54, 1.807) is 13.0 Å². The molecule has 2 rings (SSSR count). The lowest BCUT2D eigenvalue weighted by Crippen LogP contribution is -2.04. The van der Waals surface area contributed by atoms with Crippen LogP contribution in [0.2, 0.25) is 0 Å². The molecule has 5 nitrogen and oxygen atoms in total. The third-order valence-corrected chi connectivity index (χ3v) is 2.12. The lowest BCUT2D eigenvalue weighted by molar-refractivity contribution is 0.0519. The molecule has 2 N–H and O–H groups in total. The van der Waals surface area contributed by atoms with Crippen LogP contribution < -0.4 is 5.32 Å². The molecule has 1 aromatic heterocycles. The Kier molecular flexibility index (Phi) is 3.40. The van der Waals surface area contributed by atoms with Crippen LogP contribution in [-0.2, 0) is 4.74 Å². The molecule has 0 aliphatic carbocycles. The molecule has 1 heterocycles. The Hall–Kier alpha value is -2.30.